The summed E-state index contributed by atoms with van der Waals surface area (Å²) in [6.07, 6.45) is 0.939. The highest BCUT2D eigenvalue weighted by atomic mass is 32.1. The van der Waals surface area contributed by atoms with Crippen LogP contribution in [-0.2, 0) is 11.3 Å². The number of hydrogen-bond acceptors (Lipinski definition) is 4. The first-order valence-electron chi connectivity index (χ1n) is 8.31. The second-order valence-corrected chi connectivity index (χ2v) is 5.88. The summed E-state index contributed by atoms with van der Waals surface area (Å²) >= 11 is 5.12. The Morgan fingerprint density at radius 1 is 1.00 bits per heavy atom. The molecule has 0 saturated carbocycles. The Morgan fingerprint density at radius 3 is 2.38 bits per heavy atom. The van der Waals surface area contributed by atoms with Gasteiger partial charge in [-0.1, -0.05) is 30.3 Å². The molecule has 0 spiro atoms. The summed E-state index contributed by atoms with van der Waals surface area (Å²) in [5, 5.41) is 3.40. The molecule has 7 heteroatoms. The van der Waals surface area contributed by atoms with Crippen LogP contribution in [0.2, 0.25) is 0 Å². The van der Waals surface area contributed by atoms with E-state index in [-0.39, 0.29) is 5.91 Å². The molecule has 0 aliphatic carbocycles. The van der Waals surface area contributed by atoms with Crippen LogP contribution in [0.1, 0.15) is 18.4 Å². The van der Waals surface area contributed by atoms with Crippen molar-refractivity contribution >= 4 is 23.2 Å². The molecule has 0 unspecified atom stereocenters. The lowest BCUT2D eigenvalue weighted by atomic mass is 10.2. The number of hydrazine groups is 1. The minimum absolute atomic E-state index is 0.146. The third-order valence-corrected chi connectivity index (χ3v) is 3.73. The van der Waals surface area contributed by atoms with Gasteiger partial charge in [-0.05, 0) is 48.5 Å². The molecule has 6 nitrogen and oxygen atoms in total. The lowest BCUT2D eigenvalue weighted by molar-refractivity contribution is -0.121. The van der Waals surface area contributed by atoms with Crippen molar-refractivity contribution in [3.05, 3.63) is 60.2 Å². The highest BCUT2D eigenvalue weighted by molar-refractivity contribution is 7.80. The minimum Gasteiger partial charge on any atom is -0.497 e. The molecule has 0 aromatic heterocycles. The average molecular weight is 373 g/mol. The van der Waals surface area contributed by atoms with Crippen LogP contribution in [-0.4, -0.2) is 24.7 Å². The first-order chi connectivity index (χ1) is 12.7. The van der Waals surface area contributed by atoms with Crippen molar-refractivity contribution in [1.29, 1.82) is 0 Å². The number of ether oxygens (including phenoxy) is 2. The van der Waals surface area contributed by atoms with E-state index in [0.29, 0.717) is 31.1 Å². The Kier molecular flexibility index (Phi) is 8.21. The fourth-order valence-electron chi connectivity index (χ4n) is 2.11. The second kappa shape index (κ2) is 10.9. The fourth-order valence-corrected chi connectivity index (χ4v) is 2.23. The molecule has 0 fully saturated rings. The molecule has 2 rings (SSSR count). The van der Waals surface area contributed by atoms with Crippen molar-refractivity contribution in [2.24, 2.45) is 0 Å². The van der Waals surface area contributed by atoms with Crippen molar-refractivity contribution < 1.29 is 14.3 Å². The van der Waals surface area contributed by atoms with Gasteiger partial charge in [0, 0.05) is 13.0 Å². The summed E-state index contributed by atoms with van der Waals surface area (Å²) in [6, 6.07) is 17.2. The van der Waals surface area contributed by atoms with Gasteiger partial charge in [0.15, 0.2) is 5.11 Å². The summed E-state index contributed by atoms with van der Waals surface area (Å²) in [7, 11) is 1.62. The van der Waals surface area contributed by atoms with E-state index in [1.807, 2.05) is 54.6 Å². The molecule has 0 heterocycles. The van der Waals surface area contributed by atoms with Gasteiger partial charge in [-0.3, -0.25) is 15.6 Å². The van der Waals surface area contributed by atoms with Crippen molar-refractivity contribution in [3.63, 3.8) is 0 Å². The lowest BCUT2D eigenvalue weighted by Gasteiger charge is -2.12. The summed E-state index contributed by atoms with van der Waals surface area (Å²) in [5.74, 6) is 1.38. The zero-order valence-electron chi connectivity index (χ0n) is 14.7. The monoisotopic (exact) mass is 373 g/mol. The van der Waals surface area contributed by atoms with Gasteiger partial charge in [-0.2, -0.15) is 0 Å². The largest absolute Gasteiger partial charge is 0.497 e. The number of thiocarbonyl (C=S) groups is 1. The Morgan fingerprint density at radius 2 is 1.69 bits per heavy atom. The van der Waals surface area contributed by atoms with Crippen LogP contribution in [0.5, 0.6) is 11.5 Å². The molecule has 3 N–H and O–H groups in total. The Balaban J connectivity index is 1.54. The van der Waals surface area contributed by atoms with Gasteiger partial charge in [-0.15, -0.1) is 0 Å². The molecule has 0 aliphatic heterocycles. The lowest BCUT2D eigenvalue weighted by Crippen LogP contribution is -2.46. The number of amides is 1. The van der Waals surface area contributed by atoms with Gasteiger partial charge in [-0.25, -0.2) is 0 Å². The molecule has 2 aromatic rings. The van der Waals surface area contributed by atoms with Crippen molar-refractivity contribution in [3.8, 4) is 11.5 Å². The molecular weight excluding hydrogens is 350 g/mol. The maximum absolute atomic E-state index is 11.8. The molecule has 1 amide bonds. The third kappa shape index (κ3) is 7.40. The highest BCUT2D eigenvalue weighted by Crippen LogP contribution is 2.17. The Hall–Kier alpha value is -2.80. The summed E-state index contributed by atoms with van der Waals surface area (Å²) in [4.78, 5) is 11.8. The fraction of sp³-hybridized carbons (Fsp3) is 0.263. The van der Waals surface area contributed by atoms with Crippen molar-refractivity contribution in [2.75, 3.05) is 13.7 Å². The van der Waals surface area contributed by atoms with Crippen LogP contribution in [0.3, 0.4) is 0 Å². The van der Waals surface area contributed by atoms with Gasteiger partial charge >= 0.3 is 0 Å². The minimum atomic E-state index is -0.146. The molecule has 0 bridgehead atoms. The molecule has 0 aliphatic rings. The van der Waals surface area contributed by atoms with Crippen LogP contribution in [0, 0.1) is 0 Å². The molecule has 2 aromatic carbocycles. The van der Waals surface area contributed by atoms with E-state index in [4.69, 9.17) is 21.7 Å². The van der Waals surface area contributed by atoms with Crippen LogP contribution >= 0.6 is 12.2 Å². The third-order valence-electron chi connectivity index (χ3n) is 3.49. The average Bonchev–Trinajstić information content (AvgIpc) is 2.69. The number of methoxy groups -OCH3 is 1. The predicted octanol–water partition coefficient (Wildman–Crippen LogP) is 2.55. The standard InChI is InChI=1S/C19H23N3O3S/c1-24-16-9-11-17(12-10-16)25-13-5-8-18(23)21-22-19(26)20-14-15-6-3-2-4-7-15/h2-4,6-7,9-12H,5,8,13-14H2,1H3,(H,21,23)(H2,20,22,26). The Labute approximate surface area is 158 Å². The SMILES string of the molecule is COc1ccc(OCCCC(=O)NNC(=S)NCc2ccccc2)cc1. The van der Waals surface area contributed by atoms with E-state index in [9.17, 15) is 4.79 Å². The summed E-state index contributed by atoms with van der Waals surface area (Å²) in [6.45, 7) is 1.05. The quantitative estimate of drug-likeness (QED) is 0.375. The van der Waals surface area contributed by atoms with E-state index in [1.165, 1.54) is 0 Å². The van der Waals surface area contributed by atoms with Crippen LogP contribution in [0.4, 0.5) is 0 Å². The summed E-state index contributed by atoms with van der Waals surface area (Å²) in [5.41, 5.74) is 6.37. The molecule has 0 atom stereocenters. The zero-order chi connectivity index (χ0) is 18.6. The zero-order valence-corrected chi connectivity index (χ0v) is 15.5. The van der Waals surface area contributed by atoms with E-state index < -0.39 is 0 Å². The number of carbonyl (C=O) groups is 1. The first kappa shape index (κ1) is 19.5. The van der Waals surface area contributed by atoms with Gasteiger partial charge in [0.2, 0.25) is 5.91 Å². The number of benzene rings is 2. The number of carbonyl (C=O) groups excluding carboxylic acids is 1. The number of rotatable bonds is 8. The molecule has 138 valence electrons. The first-order valence-corrected chi connectivity index (χ1v) is 8.71. The van der Waals surface area contributed by atoms with Crippen molar-refractivity contribution in [1.82, 2.24) is 16.2 Å². The van der Waals surface area contributed by atoms with Gasteiger partial charge in [0.05, 0.1) is 13.7 Å². The molecule has 0 radical (unpaired) electrons. The van der Waals surface area contributed by atoms with E-state index >= 15 is 0 Å². The maximum Gasteiger partial charge on any atom is 0.238 e. The second-order valence-electron chi connectivity index (χ2n) is 5.47. The van der Waals surface area contributed by atoms with Crippen LogP contribution in [0.15, 0.2) is 54.6 Å². The van der Waals surface area contributed by atoms with E-state index in [0.717, 1.165) is 17.1 Å². The number of nitrogens with one attached hydrogen (secondary N) is 3. The molecule has 0 saturated heterocycles. The smallest absolute Gasteiger partial charge is 0.238 e. The van der Waals surface area contributed by atoms with E-state index in [1.54, 1.807) is 7.11 Å². The van der Waals surface area contributed by atoms with E-state index in [2.05, 4.69) is 16.2 Å². The van der Waals surface area contributed by atoms with Gasteiger partial charge in [0.25, 0.3) is 0 Å². The number of hydrogen-bond donors (Lipinski definition) is 3. The predicted molar refractivity (Wildman–Crippen MR) is 105 cm³/mol. The van der Waals surface area contributed by atoms with Crippen LogP contribution in [0.25, 0.3) is 0 Å². The normalized spacial score (nSPS) is 9.88. The topological polar surface area (TPSA) is 71.6 Å². The van der Waals surface area contributed by atoms with Crippen molar-refractivity contribution in [2.45, 2.75) is 19.4 Å². The maximum atomic E-state index is 11.8. The summed E-state index contributed by atoms with van der Waals surface area (Å²) < 4.78 is 10.7. The van der Waals surface area contributed by atoms with Crippen LogP contribution < -0.4 is 25.6 Å². The highest BCUT2D eigenvalue weighted by Gasteiger charge is 2.03. The van der Waals surface area contributed by atoms with Gasteiger partial charge in [0.1, 0.15) is 11.5 Å². The Bertz CT molecular complexity index is 693. The molecule has 26 heavy (non-hydrogen) atoms. The molecular formula is C19H23N3O3S. The van der Waals surface area contributed by atoms with Gasteiger partial charge < -0.3 is 14.8 Å².